The Kier molecular flexibility index (Phi) is 7.69. The molecule has 14 heteroatoms. The average Bonchev–Trinajstić information content (AvgIpc) is 2.60. The van der Waals surface area contributed by atoms with Gasteiger partial charge in [-0.3, -0.25) is 0 Å². The van der Waals surface area contributed by atoms with E-state index < -0.39 is 58.7 Å². The lowest BCUT2D eigenvalue weighted by Crippen LogP contribution is -2.55. The molecule has 0 atom stereocenters. The van der Waals surface area contributed by atoms with Crippen molar-refractivity contribution in [2.24, 2.45) is 0 Å². The van der Waals surface area contributed by atoms with Crippen molar-refractivity contribution in [1.29, 1.82) is 0 Å². The van der Waals surface area contributed by atoms with E-state index in [-0.39, 0.29) is 23.3 Å². The first-order valence-electron chi connectivity index (χ1n) is 9.02. The molecule has 0 amide bonds. The molecular formula is C20H18F12O2. The van der Waals surface area contributed by atoms with Crippen LogP contribution in [0.2, 0.25) is 0 Å². The van der Waals surface area contributed by atoms with Gasteiger partial charge in [0.05, 0.1) is 0 Å². The van der Waals surface area contributed by atoms with Crippen molar-refractivity contribution in [3.63, 3.8) is 0 Å². The summed E-state index contributed by atoms with van der Waals surface area (Å²) in [7, 11) is 0. The largest absolute Gasteiger partial charge is 0.430 e. The molecule has 194 valence electrons. The Hall–Kier alpha value is -2.22. The number of aliphatic hydroxyl groups is 2. The third-order valence-electron chi connectivity index (χ3n) is 4.69. The van der Waals surface area contributed by atoms with Crippen LogP contribution in [-0.4, -0.2) is 34.9 Å². The zero-order chi connectivity index (χ0) is 27.3. The molecule has 0 aliphatic carbocycles. The minimum absolute atomic E-state index is 0.0284. The minimum atomic E-state index is -6.61. The summed E-state index contributed by atoms with van der Waals surface area (Å²) in [6.07, 6.45) is -25.4. The first kappa shape index (κ1) is 29.8. The summed E-state index contributed by atoms with van der Waals surface area (Å²) in [5.41, 5.74) is -17.4. The molecule has 34 heavy (non-hydrogen) atoms. The van der Waals surface area contributed by atoms with Crippen LogP contribution < -0.4 is 0 Å². The fraction of sp³-hybridized carbons (Fsp3) is 0.500. The first-order chi connectivity index (χ1) is 14.8. The highest BCUT2D eigenvalue weighted by atomic mass is 19.4. The monoisotopic (exact) mass is 518 g/mol. The van der Waals surface area contributed by atoms with Gasteiger partial charge in [-0.2, -0.15) is 52.7 Å². The van der Waals surface area contributed by atoms with Crippen molar-refractivity contribution in [1.82, 2.24) is 0 Å². The molecule has 0 fully saturated rings. The number of hydrogen-bond acceptors (Lipinski definition) is 2. The maximum atomic E-state index is 13.4. The van der Waals surface area contributed by atoms with Crippen LogP contribution in [0.5, 0.6) is 0 Å². The van der Waals surface area contributed by atoms with Crippen molar-refractivity contribution in [3.8, 4) is 0 Å². The summed E-state index contributed by atoms with van der Waals surface area (Å²) in [4.78, 5) is 0. The predicted octanol–water partition coefficient (Wildman–Crippen LogP) is 7.07. The van der Waals surface area contributed by atoms with Gasteiger partial charge in [-0.05, 0) is 57.0 Å². The number of benzene rings is 1. The van der Waals surface area contributed by atoms with Gasteiger partial charge in [0.2, 0.25) is 0 Å². The quantitative estimate of drug-likeness (QED) is 0.331. The molecule has 0 radical (unpaired) electrons. The van der Waals surface area contributed by atoms with Gasteiger partial charge in [-0.1, -0.05) is 17.2 Å². The van der Waals surface area contributed by atoms with Crippen molar-refractivity contribution >= 4 is 5.57 Å². The zero-order valence-electron chi connectivity index (χ0n) is 17.7. The lowest BCUT2D eigenvalue weighted by Gasteiger charge is -2.36. The topological polar surface area (TPSA) is 40.5 Å². The Morgan fingerprint density at radius 1 is 0.588 bits per heavy atom. The highest BCUT2D eigenvalue weighted by Gasteiger charge is 2.74. The van der Waals surface area contributed by atoms with Crippen LogP contribution in [0.25, 0.3) is 5.57 Å². The van der Waals surface area contributed by atoms with Crippen LogP contribution in [0.3, 0.4) is 0 Å². The fourth-order valence-corrected chi connectivity index (χ4v) is 2.98. The second-order valence-corrected chi connectivity index (χ2v) is 7.85. The van der Waals surface area contributed by atoms with Crippen LogP contribution in [-0.2, 0) is 11.2 Å². The van der Waals surface area contributed by atoms with Crippen LogP contribution in [0.1, 0.15) is 44.4 Å². The third kappa shape index (κ3) is 5.07. The van der Waals surface area contributed by atoms with Crippen LogP contribution in [0.4, 0.5) is 52.7 Å². The number of allylic oxidation sites excluding steroid dienone is 4. The molecule has 0 aliphatic heterocycles. The SMILES string of the molecule is CC(C)=CC(=C(C)C)c1cc(C(O)(C(F)(F)F)C(F)(F)F)cc(C(O)(C(F)(F)F)C(F)(F)F)c1. The molecular weight excluding hydrogens is 500 g/mol. The molecule has 0 saturated heterocycles. The number of rotatable bonds is 4. The van der Waals surface area contributed by atoms with Crippen LogP contribution >= 0.6 is 0 Å². The molecule has 0 heterocycles. The number of hydrogen-bond donors (Lipinski definition) is 2. The summed E-state index contributed by atoms with van der Waals surface area (Å²) >= 11 is 0. The van der Waals surface area contributed by atoms with Crippen molar-refractivity contribution in [2.75, 3.05) is 0 Å². The van der Waals surface area contributed by atoms with E-state index in [1.54, 1.807) is 0 Å². The smallest absolute Gasteiger partial charge is 0.369 e. The Labute approximate surface area is 185 Å². The molecule has 0 spiro atoms. The molecule has 0 unspecified atom stereocenters. The molecule has 2 nitrogen and oxygen atoms in total. The Bertz CT molecular complexity index is 883. The van der Waals surface area contributed by atoms with Gasteiger partial charge in [0, 0.05) is 11.1 Å². The molecule has 0 saturated carbocycles. The Balaban J connectivity index is 4.40. The number of halogens is 12. The van der Waals surface area contributed by atoms with Gasteiger partial charge in [-0.25, -0.2) is 0 Å². The highest BCUT2D eigenvalue weighted by molar-refractivity contribution is 5.77. The number of alkyl halides is 12. The molecule has 1 aromatic rings. The highest BCUT2D eigenvalue weighted by Crippen LogP contribution is 2.54. The normalized spacial score (nSPS) is 14.2. The van der Waals surface area contributed by atoms with Gasteiger partial charge in [-0.15, -0.1) is 0 Å². The van der Waals surface area contributed by atoms with E-state index in [0.29, 0.717) is 5.57 Å². The Morgan fingerprint density at radius 3 is 1.09 bits per heavy atom. The lowest BCUT2D eigenvalue weighted by molar-refractivity contribution is -0.378. The molecule has 0 bridgehead atoms. The third-order valence-corrected chi connectivity index (χ3v) is 4.69. The van der Waals surface area contributed by atoms with Crippen molar-refractivity contribution < 1.29 is 62.9 Å². The van der Waals surface area contributed by atoms with E-state index in [1.165, 1.54) is 27.7 Å². The molecule has 1 rings (SSSR count). The van der Waals surface area contributed by atoms with E-state index in [4.69, 9.17) is 0 Å². The summed E-state index contributed by atoms with van der Waals surface area (Å²) < 4.78 is 161. The summed E-state index contributed by atoms with van der Waals surface area (Å²) in [6.45, 7) is 5.25. The first-order valence-corrected chi connectivity index (χ1v) is 9.02. The Morgan fingerprint density at radius 2 is 0.882 bits per heavy atom. The van der Waals surface area contributed by atoms with E-state index in [1.807, 2.05) is 0 Å². The van der Waals surface area contributed by atoms with Crippen molar-refractivity contribution in [2.45, 2.75) is 63.6 Å². The predicted molar refractivity (Wildman–Crippen MR) is 96.2 cm³/mol. The van der Waals surface area contributed by atoms with E-state index in [0.717, 1.165) is 6.08 Å². The van der Waals surface area contributed by atoms with E-state index >= 15 is 0 Å². The second kappa shape index (κ2) is 8.77. The molecule has 0 aliphatic rings. The van der Waals surface area contributed by atoms with Gasteiger partial charge in [0.1, 0.15) is 0 Å². The molecule has 1 aromatic carbocycles. The summed E-state index contributed by atoms with van der Waals surface area (Å²) in [5, 5.41) is 19.3. The van der Waals surface area contributed by atoms with Crippen molar-refractivity contribution in [3.05, 3.63) is 52.1 Å². The molecule has 0 aromatic heterocycles. The zero-order valence-corrected chi connectivity index (χ0v) is 17.7. The fourth-order valence-electron chi connectivity index (χ4n) is 2.98. The maximum Gasteiger partial charge on any atom is 0.430 e. The minimum Gasteiger partial charge on any atom is -0.369 e. The lowest BCUT2D eigenvalue weighted by atomic mass is 9.82. The van der Waals surface area contributed by atoms with Gasteiger partial charge in [0.15, 0.2) is 0 Å². The standard InChI is InChI=1S/C20H18F12O2/c1-9(2)5-14(10(3)4)11-6-12(15(33,17(21,22)23)18(24,25)26)8-13(7-11)16(34,19(27,28)29)20(30,31)32/h5-8,33-34H,1-4H3. The average molecular weight is 518 g/mol. The maximum absolute atomic E-state index is 13.4. The van der Waals surface area contributed by atoms with Gasteiger partial charge >= 0.3 is 24.7 Å². The van der Waals surface area contributed by atoms with Gasteiger partial charge in [0.25, 0.3) is 11.2 Å². The van der Waals surface area contributed by atoms with E-state index in [2.05, 4.69) is 0 Å². The second-order valence-electron chi connectivity index (χ2n) is 7.85. The van der Waals surface area contributed by atoms with E-state index in [9.17, 15) is 62.9 Å². The van der Waals surface area contributed by atoms with Crippen LogP contribution in [0, 0.1) is 0 Å². The molecule has 2 N–H and O–H groups in total. The summed E-state index contributed by atoms with van der Waals surface area (Å²) in [5.74, 6) is 0. The van der Waals surface area contributed by atoms with Gasteiger partial charge < -0.3 is 10.2 Å². The summed E-state index contributed by atoms with van der Waals surface area (Å²) in [6, 6.07) is -0.866. The van der Waals surface area contributed by atoms with Crippen LogP contribution in [0.15, 0.2) is 35.4 Å².